The number of likely N-dealkylation sites (tertiary alicyclic amines) is 1. The number of carbonyl (C=O) groups is 1. The van der Waals surface area contributed by atoms with Crippen molar-refractivity contribution in [1.29, 1.82) is 0 Å². The Morgan fingerprint density at radius 2 is 2.04 bits per heavy atom. The number of benzene rings is 1. The molecule has 130 valence electrons. The molecule has 0 N–H and O–H groups in total. The monoisotopic (exact) mass is 370 g/mol. The lowest BCUT2D eigenvalue weighted by atomic mass is 9.99. The Morgan fingerprint density at radius 1 is 1.33 bits per heavy atom. The number of carbonyl (C=O) groups excluding carboxylic acids is 1. The van der Waals surface area contributed by atoms with Crippen molar-refractivity contribution in [3.63, 3.8) is 0 Å². The quantitative estimate of drug-likeness (QED) is 0.788. The van der Waals surface area contributed by atoms with Gasteiger partial charge in [-0.25, -0.2) is 8.42 Å². The van der Waals surface area contributed by atoms with Crippen molar-refractivity contribution < 1.29 is 17.9 Å². The molecule has 3 fully saturated rings. The summed E-state index contributed by atoms with van der Waals surface area (Å²) in [5.41, 5.74) is -0.235. The highest BCUT2D eigenvalue weighted by Crippen LogP contribution is 2.46. The topological polar surface area (TPSA) is 66.9 Å². The van der Waals surface area contributed by atoms with E-state index in [4.69, 9.17) is 16.3 Å². The number of hydrogen-bond donors (Lipinski definition) is 0. The first-order chi connectivity index (χ1) is 11.4. The molecule has 0 radical (unpaired) electrons. The molecule has 3 heterocycles. The summed E-state index contributed by atoms with van der Waals surface area (Å²) in [7, 11) is -3.34. The van der Waals surface area contributed by atoms with Crippen LogP contribution in [-0.2, 0) is 14.8 Å². The Hall–Kier alpha value is -1.15. The molecule has 0 unspecified atom stereocenters. The maximum Gasteiger partial charge on any atom is 0.254 e. The van der Waals surface area contributed by atoms with E-state index in [9.17, 15) is 13.2 Å². The second kappa shape index (κ2) is 5.42. The van der Waals surface area contributed by atoms with Gasteiger partial charge in [-0.2, -0.15) is 4.31 Å². The van der Waals surface area contributed by atoms with Gasteiger partial charge in [-0.15, -0.1) is 0 Å². The van der Waals surface area contributed by atoms with E-state index in [1.54, 1.807) is 29.2 Å². The number of ether oxygens (including phenoxy) is 1. The lowest BCUT2D eigenvalue weighted by Gasteiger charge is -2.39. The fraction of sp³-hybridized carbons (Fsp3) is 0.562. The van der Waals surface area contributed by atoms with Crippen molar-refractivity contribution in [2.75, 3.05) is 26.2 Å². The van der Waals surface area contributed by atoms with Crippen LogP contribution in [0.2, 0.25) is 5.02 Å². The minimum atomic E-state index is -3.34. The second-order valence-electron chi connectivity index (χ2n) is 6.69. The SMILES string of the molecule is CCN1C[C@@]23CN(C(=O)c4ccc(Cl)cc4)C[C@@H](C[C@@H]2S1(=O)=O)O3. The van der Waals surface area contributed by atoms with Crippen LogP contribution in [0.5, 0.6) is 0 Å². The Bertz CT molecular complexity index is 782. The van der Waals surface area contributed by atoms with Gasteiger partial charge >= 0.3 is 0 Å². The molecule has 1 aromatic rings. The zero-order chi connectivity index (χ0) is 17.1. The lowest BCUT2D eigenvalue weighted by Crippen LogP contribution is -2.56. The summed E-state index contributed by atoms with van der Waals surface area (Å²) >= 11 is 5.88. The van der Waals surface area contributed by atoms with Gasteiger partial charge in [0.15, 0.2) is 0 Å². The number of hydrogen-bond acceptors (Lipinski definition) is 4. The normalized spacial score (nSPS) is 34.3. The fourth-order valence-electron chi connectivity index (χ4n) is 4.17. The molecular weight excluding hydrogens is 352 g/mol. The molecule has 3 atom stereocenters. The second-order valence-corrected chi connectivity index (χ2v) is 9.24. The molecule has 1 amide bonds. The first-order valence-corrected chi connectivity index (χ1v) is 9.95. The maximum absolute atomic E-state index is 12.8. The summed E-state index contributed by atoms with van der Waals surface area (Å²) in [6, 6.07) is 6.76. The molecule has 24 heavy (non-hydrogen) atoms. The third-order valence-corrected chi connectivity index (χ3v) is 7.94. The van der Waals surface area contributed by atoms with Gasteiger partial charge in [0.1, 0.15) is 10.9 Å². The van der Waals surface area contributed by atoms with Crippen LogP contribution in [0.1, 0.15) is 23.7 Å². The number of likely N-dealkylation sites (N-methyl/N-ethyl adjacent to an activating group) is 1. The molecule has 3 aliphatic heterocycles. The van der Waals surface area contributed by atoms with E-state index >= 15 is 0 Å². The minimum absolute atomic E-state index is 0.104. The Kier molecular flexibility index (Phi) is 3.69. The van der Waals surface area contributed by atoms with Crippen LogP contribution < -0.4 is 0 Å². The summed E-state index contributed by atoms with van der Waals surface area (Å²) in [6.45, 7) is 3.33. The molecule has 1 aromatic carbocycles. The minimum Gasteiger partial charge on any atom is -0.365 e. The molecule has 0 aliphatic carbocycles. The predicted octanol–water partition coefficient (Wildman–Crippen LogP) is 1.36. The number of sulfonamides is 1. The molecular formula is C16H19ClN2O4S. The van der Waals surface area contributed by atoms with Gasteiger partial charge in [-0.3, -0.25) is 4.79 Å². The zero-order valence-electron chi connectivity index (χ0n) is 13.3. The van der Waals surface area contributed by atoms with Gasteiger partial charge in [-0.1, -0.05) is 18.5 Å². The van der Waals surface area contributed by atoms with Gasteiger partial charge in [0.2, 0.25) is 10.0 Å². The average Bonchev–Trinajstić information content (AvgIpc) is 2.93. The third-order valence-electron chi connectivity index (χ3n) is 5.24. The fourth-order valence-corrected chi connectivity index (χ4v) is 6.62. The van der Waals surface area contributed by atoms with Gasteiger partial charge in [-0.05, 0) is 30.7 Å². The summed E-state index contributed by atoms with van der Waals surface area (Å²) in [5.74, 6) is -0.104. The van der Waals surface area contributed by atoms with E-state index in [-0.39, 0.29) is 12.0 Å². The van der Waals surface area contributed by atoms with E-state index in [1.165, 1.54) is 4.31 Å². The zero-order valence-corrected chi connectivity index (χ0v) is 14.9. The summed E-state index contributed by atoms with van der Waals surface area (Å²) < 4.78 is 32.9. The molecule has 0 aromatic heterocycles. The number of rotatable bonds is 2. The van der Waals surface area contributed by atoms with Crippen LogP contribution in [0.15, 0.2) is 24.3 Å². The molecule has 8 heteroatoms. The van der Waals surface area contributed by atoms with E-state index in [2.05, 4.69) is 0 Å². The van der Waals surface area contributed by atoms with Crippen LogP contribution in [0.3, 0.4) is 0 Å². The Morgan fingerprint density at radius 3 is 2.71 bits per heavy atom. The standard InChI is InChI=1S/C16H19ClN2O4S/c1-2-19-10-16-9-18(15(20)11-3-5-12(17)6-4-11)8-13(23-16)7-14(16)24(19,21)22/h3-6,13-14H,2,7-10H2,1H3/t13-,14+,16+/m1/s1. The number of nitrogens with zero attached hydrogens (tertiary/aromatic N) is 2. The molecule has 1 spiro atoms. The number of amides is 1. The van der Waals surface area contributed by atoms with Gasteiger partial charge in [0.05, 0.1) is 12.6 Å². The van der Waals surface area contributed by atoms with E-state index in [0.717, 1.165) is 0 Å². The highest BCUT2D eigenvalue weighted by molar-refractivity contribution is 7.90. The summed E-state index contributed by atoms with van der Waals surface area (Å²) in [6.07, 6.45) is 0.247. The van der Waals surface area contributed by atoms with Gasteiger partial charge in [0.25, 0.3) is 5.91 Å². The van der Waals surface area contributed by atoms with Crippen molar-refractivity contribution in [2.45, 2.75) is 30.3 Å². The van der Waals surface area contributed by atoms with Crippen LogP contribution >= 0.6 is 11.6 Å². The van der Waals surface area contributed by atoms with E-state index < -0.39 is 20.9 Å². The highest BCUT2D eigenvalue weighted by atomic mass is 35.5. The van der Waals surface area contributed by atoms with E-state index in [1.807, 2.05) is 6.92 Å². The number of fused-ring (bicyclic) bond motifs is 1. The van der Waals surface area contributed by atoms with Gasteiger partial charge < -0.3 is 9.64 Å². The third kappa shape index (κ3) is 2.29. The molecule has 3 aliphatic rings. The molecule has 2 bridgehead atoms. The molecule has 6 nitrogen and oxygen atoms in total. The van der Waals surface area contributed by atoms with Crippen molar-refractivity contribution in [2.24, 2.45) is 0 Å². The largest absolute Gasteiger partial charge is 0.365 e. The van der Waals surface area contributed by atoms with Crippen molar-refractivity contribution in [1.82, 2.24) is 9.21 Å². The maximum atomic E-state index is 12.8. The highest BCUT2D eigenvalue weighted by Gasteiger charge is 2.65. The first-order valence-electron chi connectivity index (χ1n) is 8.07. The number of halogens is 1. The Balaban J connectivity index is 1.62. The van der Waals surface area contributed by atoms with Crippen molar-refractivity contribution in [3.8, 4) is 0 Å². The van der Waals surface area contributed by atoms with Crippen LogP contribution in [-0.4, -0.2) is 66.7 Å². The van der Waals surface area contributed by atoms with Crippen molar-refractivity contribution >= 4 is 27.5 Å². The summed E-state index contributed by atoms with van der Waals surface area (Å²) in [5, 5.41) is 0.0331. The van der Waals surface area contributed by atoms with E-state index in [0.29, 0.717) is 43.2 Å². The number of morpholine rings is 1. The first kappa shape index (κ1) is 16.3. The molecule has 0 saturated carbocycles. The smallest absolute Gasteiger partial charge is 0.254 e. The molecule has 4 rings (SSSR count). The summed E-state index contributed by atoms with van der Waals surface area (Å²) in [4.78, 5) is 14.5. The Labute approximate surface area is 146 Å². The lowest BCUT2D eigenvalue weighted by molar-refractivity contribution is -0.0974. The van der Waals surface area contributed by atoms with Crippen LogP contribution in [0.4, 0.5) is 0 Å². The van der Waals surface area contributed by atoms with Gasteiger partial charge in [0, 0.05) is 30.2 Å². The van der Waals surface area contributed by atoms with Crippen molar-refractivity contribution in [3.05, 3.63) is 34.9 Å². The van der Waals surface area contributed by atoms with Crippen LogP contribution in [0, 0.1) is 0 Å². The molecule has 3 saturated heterocycles. The average molecular weight is 371 g/mol. The predicted molar refractivity (Wildman–Crippen MR) is 89.5 cm³/mol. The van der Waals surface area contributed by atoms with Crippen LogP contribution in [0.25, 0.3) is 0 Å².